The van der Waals surface area contributed by atoms with Crippen LogP contribution in [0.15, 0.2) is 18.3 Å². The number of pyridine rings is 1. The van der Waals surface area contributed by atoms with Crippen molar-refractivity contribution in [2.45, 2.75) is 18.3 Å². The lowest BCUT2D eigenvalue weighted by molar-refractivity contribution is -0.138. The molecule has 21 heavy (non-hydrogen) atoms. The molecule has 0 spiro atoms. The topological polar surface area (TPSA) is 67.3 Å². The number of nitrogens with zero attached hydrogens (tertiary/aromatic N) is 2. The van der Waals surface area contributed by atoms with E-state index in [0.29, 0.717) is 0 Å². The Morgan fingerprint density at radius 2 is 2.10 bits per heavy atom. The van der Waals surface area contributed by atoms with Crippen molar-refractivity contribution in [1.29, 1.82) is 0 Å². The Morgan fingerprint density at radius 3 is 2.67 bits per heavy atom. The summed E-state index contributed by atoms with van der Waals surface area (Å²) in [6.45, 7) is 1.17. The van der Waals surface area contributed by atoms with Gasteiger partial charge in [0.1, 0.15) is 5.69 Å². The predicted molar refractivity (Wildman–Crippen MR) is 68.4 cm³/mol. The third kappa shape index (κ3) is 3.17. The van der Waals surface area contributed by atoms with Crippen molar-refractivity contribution < 1.29 is 26.4 Å². The number of alkyl halides is 3. The van der Waals surface area contributed by atoms with E-state index in [1.54, 1.807) is 0 Å². The van der Waals surface area contributed by atoms with E-state index < -0.39 is 38.4 Å². The zero-order valence-electron chi connectivity index (χ0n) is 11.1. The third-order valence-corrected chi connectivity index (χ3v) is 5.47. The fraction of sp³-hybridized carbons (Fsp3) is 0.500. The van der Waals surface area contributed by atoms with Crippen molar-refractivity contribution in [3.8, 4) is 0 Å². The number of carbonyl (C=O) groups excluding carboxylic acids is 1. The van der Waals surface area contributed by atoms with Gasteiger partial charge in [-0.05, 0) is 19.1 Å². The van der Waals surface area contributed by atoms with E-state index in [-0.39, 0.29) is 18.8 Å². The number of amides is 1. The number of sulfone groups is 1. The number of rotatable bonds is 1. The Bertz CT molecular complexity index is 658. The summed E-state index contributed by atoms with van der Waals surface area (Å²) >= 11 is 0. The fourth-order valence-corrected chi connectivity index (χ4v) is 3.38. The van der Waals surface area contributed by atoms with Gasteiger partial charge in [-0.2, -0.15) is 13.2 Å². The summed E-state index contributed by atoms with van der Waals surface area (Å²) in [6, 6.07) is 1.88. The highest BCUT2D eigenvalue weighted by Gasteiger charge is 2.39. The Labute approximate surface area is 119 Å². The van der Waals surface area contributed by atoms with Crippen LogP contribution in [0.2, 0.25) is 0 Å². The van der Waals surface area contributed by atoms with Gasteiger partial charge in [0.15, 0.2) is 9.84 Å². The molecule has 0 aliphatic carbocycles. The maximum absolute atomic E-state index is 12.9. The Kier molecular flexibility index (Phi) is 3.96. The molecule has 1 aromatic rings. The zero-order chi connectivity index (χ0) is 15.8. The Hall–Kier alpha value is -1.64. The highest BCUT2D eigenvalue weighted by atomic mass is 32.2. The lowest BCUT2D eigenvalue weighted by atomic mass is 10.1. The lowest BCUT2D eigenvalue weighted by Gasteiger charge is -2.31. The normalized spacial score (nSPS) is 22.1. The second-order valence-corrected chi connectivity index (χ2v) is 7.36. The Balaban J connectivity index is 2.30. The second-order valence-electron chi connectivity index (χ2n) is 4.83. The molecular formula is C12H13F3N2O3S. The molecule has 0 N–H and O–H groups in total. The van der Waals surface area contributed by atoms with E-state index in [1.807, 2.05) is 0 Å². The smallest absolute Gasteiger partial charge is 0.335 e. The molecule has 2 heterocycles. The summed E-state index contributed by atoms with van der Waals surface area (Å²) in [5, 5.41) is -0.798. The third-order valence-electron chi connectivity index (χ3n) is 3.34. The van der Waals surface area contributed by atoms with Crippen molar-refractivity contribution in [3.63, 3.8) is 0 Å². The monoisotopic (exact) mass is 322 g/mol. The molecule has 1 fully saturated rings. The van der Waals surface area contributed by atoms with E-state index in [2.05, 4.69) is 4.98 Å². The molecule has 1 saturated heterocycles. The first-order valence-electron chi connectivity index (χ1n) is 6.16. The van der Waals surface area contributed by atoms with Crippen molar-refractivity contribution >= 4 is 15.7 Å². The van der Waals surface area contributed by atoms with Crippen LogP contribution in [0.4, 0.5) is 13.2 Å². The number of aromatic nitrogens is 1. The molecule has 0 saturated carbocycles. The molecule has 116 valence electrons. The summed E-state index contributed by atoms with van der Waals surface area (Å²) in [4.78, 5) is 16.8. The van der Waals surface area contributed by atoms with Gasteiger partial charge in [-0.3, -0.25) is 9.78 Å². The van der Waals surface area contributed by atoms with Gasteiger partial charge in [0.05, 0.1) is 16.6 Å². The van der Waals surface area contributed by atoms with Gasteiger partial charge in [0.2, 0.25) is 0 Å². The van der Waals surface area contributed by atoms with Crippen LogP contribution in [0.25, 0.3) is 0 Å². The zero-order valence-corrected chi connectivity index (χ0v) is 11.9. The average Bonchev–Trinajstić information content (AvgIpc) is 2.40. The van der Waals surface area contributed by atoms with Crippen LogP contribution in [0, 0.1) is 0 Å². The molecule has 1 amide bonds. The first kappa shape index (κ1) is 15.7. The standard InChI is InChI=1S/C12H13F3N2O3S/c1-8-7-17(5-6-21(8,19)20)11(18)10-9(12(13,14)15)3-2-4-16-10/h2-4,8H,5-7H2,1H3. The molecular weight excluding hydrogens is 309 g/mol. The number of hydrogen-bond acceptors (Lipinski definition) is 4. The highest BCUT2D eigenvalue weighted by Crippen LogP contribution is 2.31. The number of halogens is 3. The van der Waals surface area contributed by atoms with Crippen molar-refractivity contribution in [2.24, 2.45) is 0 Å². The van der Waals surface area contributed by atoms with E-state index in [9.17, 15) is 26.4 Å². The molecule has 1 unspecified atom stereocenters. The predicted octanol–water partition coefficient (Wildman–Crippen LogP) is 1.36. The van der Waals surface area contributed by atoms with Gasteiger partial charge in [0.25, 0.3) is 5.91 Å². The summed E-state index contributed by atoms with van der Waals surface area (Å²) in [5.41, 5.74) is -1.81. The van der Waals surface area contributed by atoms with E-state index in [0.717, 1.165) is 23.2 Å². The average molecular weight is 322 g/mol. The first-order valence-corrected chi connectivity index (χ1v) is 7.87. The van der Waals surface area contributed by atoms with Crippen LogP contribution in [0.3, 0.4) is 0 Å². The van der Waals surface area contributed by atoms with Crippen LogP contribution in [0.5, 0.6) is 0 Å². The quantitative estimate of drug-likeness (QED) is 0.783. The van der Waals surface area contributed by atoms with Gasteiger partial charge in [-0.25, -0.2) is 8.42 Å². The van der Waals surface area contributed by atoms with Gasteiger partial charge in [0, 0.05) is 19.3 Å². The van der Waals surface area contributed by atoms with Gasteiger partial charge in [-0.15, -0.1) is 0 Å². The summed E-state index contributed by atoms with van der Waals surface area (Å²) in [7, 11) is -3.29. The summed E-state index contributed by atoms with van der Waals surface area (Å²) in [6.07, 6.45) is -3.58. The van der Waals surface area contributed by atoms with Crippen LogP contribution in [-0.2, 0) is 16.0 Å². The first-order chi connectivity index (χ1) is 9.63. The van der Waals surface area contributed by atoms with Gasteiger partial charge in [-0.1, -0.05) is 0 Å². The van der Waals surface area contributed by atoms with E-state index >= 15 is 0 Å². The number of hydrogen-bond donors (Lipinski definition) is 0. The maximum atomic E-state index is 12.9. The fourth-order valence-electron chi connectivity index (χ4n) is 2.09. The summed E-state index contributed by atoms with van der Waals surface area (Å²) < 4.78 is 61.8. The summed E-state index contributed by atoms with van der Waals surface area (Å²) in [5.74, 6) is -1.15. The SMILES string of the molecule is CC1CN(C(=O)c2ncccc2C(F)(F)F)CCS1(=O)=O. The van der Waals surface area contributed by atoms with Crippen molar-refractivity contribution in [2.75, 3.05) is 18.8 Å². The van der Waals surface area contributed by atoms with E-state index in [1.165, 1.54) is 6.92 Å². The minimum Gasteiger partial charge on any atom is -0.335 e. The maximum Gasteiger partial charge on any atom is 0.418 e. The van der Waals surface area contributed by atoms with Crippen LogP contribution in [0.1, 0.15) is 23.0 Å². The molecule has 1 aliphatic rings. The van der Waals surface area contributed by atoms with Crippen molar-refractivity contribution in [1.82, 2.24) is 9.88 Å². The molecule has 9 heteroatoms. The highest BCUT2D eigenvalue weighted by molar-refractivity contribution is 7.92. The molecule has 5 nitrogen and oxygen atoms in total. The number of carbonyl (C=O) groups is 1. The van der Waals surface area contributed by atoms with Crippen LogP contribution in [-0.4, -0.2) is 48.3 Å². The minimum absolute atomic E-state index is 0.126. The molecule has 1 atom stereocenters. The Morgan fingerprint density at radius 1 is 1.43 bits per heavy atom. The van der Waals surface area contributed by atoms with Gasteiger partial charge < -0.3 is 4.90 Å². The lowest BCUT2D eigenvalue weighted by Crippen LogP contribution is -2.48. The minimum atomic E-state index is -4.69. The molecule has 1 aliphatic heterocycles. The van der Waals surface area contributed by atoms with Crippen LogP contribution < -0.4 is 0 Å². The molecule has 1 aromatic heterocycles. The second kappa shape index (κ2) is 5.28. The largest absolute Gasteiger partial charge is 0.418 e. The van der Waals surface area contributed by atoms with Crippen molar-refractivity contribution in [3.05, 3.63) is 29.6 Å². The molecule has 2 rings (SSSR count). The van der Waals surface area contributed by atoms with Gasteiger partial charge >= 0.3 is 6.18 Å². The van der Waals surface area contributed by atoms with Crippen LogP contribution >= 0.6 is 0 Å². The molecule has 0 aromatic carbocycles. The molecule has 0 radical (unpaired) electrons. The molecule has 0 bridgehead atoms. The van der Waals surface area contributed by atoms with E-state index in [4.69, 9.17) is 0 Å².